The summed E-state index contributed by atoms with van der Waals surface area (Å²) < 4.78 is 27.2. The molecule has 7 nitrogen and oxygen atoms in total. The Morgan fingerprint density at radius 3 is 2.90 bits per heavy atom. The second-order valence-corrected chi connectivity index (χ2v) is 7.08. The van der Waals surface area contributed by atoms with E-state index in [0.717, 1.165) is 5.01 Å². The van der Waals surface area contributed by atoms with Crippen molar-refractivity contribution in [2.75, 3.05) is 6.54 Å². The molecule has 2 rings (SSSR count). The van der Waals surface area contributed by atoms with Crippen molar-refractivity contribution < 1.29 is 8.42 Å². The van der Waals surface area contributed by atoms with Crippen molar-refractivity contribution in [2.45, 2.75) is 31.2 Å². The van der Waals surface area contributed by atoms with Crippen LogP contribution in [0.3, 0.4) is 0 Å². The van der Waals surface area contributed by atoms with Gasteiger partial charge in [0.25, 0.3) is 0 Å². The summed E-state index contributed by atoms with van der Waals surface area (Å²) in [6.45, 7) is 3.94. The van der Waals surface area contributed by atoms with Crippen LogP contribution in [0.2, 0.25) is 0 Å². The summed E-state index contributed by atoms with van der Waals surface area (Å²) >= 11 is 1.51. The van der Waals surface area contributed by atoms with Crippen LogP contribution in [0.4, 0.5) is 0 Å². The van der Waals surface area contributed by atoms with Gasteiger partial charge in [0.2, 0.25) is 10.0 Å². The van der Waals surface area contributed by atoms with E-state index in [2.05, 4.69) is 19.9 Å². The summed E-state index contributed by atoms with van der Waals surface area (Å²) in [7, 11) is -3.62. The van der Waals surface area contributed by atoms with Crippen LogP contribution < -0.4 is 10.5 Å². The van der Waals surface area contributed by atoms with E-state index in [-0.39, 0.29) is 23.9 Å². The van der Waals surface area contributed by atoms with Crippen LogP contribution in [0.1, 0.15) is 29.2 Å². The molecule has 0 aliphatic heterocycles. The minimum Gasteiger partial charge on any atom is -0.325 e. The lowest BCUT2D eigenvalue weighted by Crippen LogP contribution is -2.29. The second kappa shape index (κ2) is 6.00. The molecule has 0 bridgehead atoms. The van der Waals surface area contributed by atoms with Gasteiger partial charge < -0.3 is 5.73 Å². The van der Waals surface area contributed by atoms with Gasteiger partial charge in [-0.25, -0.2) is 18.1 Å². The van der Waals surface area contributed by atoms with Gasteiger partial charge in [0.1, 0.15) is 4.90 Å². The maximum atomic E-state index is 12.3. The number of nitrogens with two attached hydrogens (primary N) is 1. The third-order valence-corrected chi connectivity index (χ3v) is 5.51. The molecule has 0 saturated carbocycles. The Morgan fingerprint density at radius 2 is 2.30 bits per heavy atom. The number of rotatable bonds is 6. The van der Waals surface area contributed by atoms with Gasteiger partial charge >= 0.3 is 0 Å². The molecule has 9 heteroatoms. The van der Waals surface area contributed by atoms with Gasteiger partial charge in [-0.15, -0.1) is 11.3 Å². The normalized spacial score (nSPS) is 13.6. The highest BCUT2D eigenvalue weighted by molar-refractivity contribution is 7.89. The largest absolute Gasteiger partial charge is 0.325 e. The fourth-order valence-electron chi connectivity index (χ4n) is 1.84. The Hall–Kier alpha value is -1.29. The minimum atomic E-state index is -3.62. The van der Waals surface area contributed by atoms with E-state index in [1.165, 1.54) is 11.3 Å². The molecule has 1 unspecified atom stereocenters. The average molecular weight is 315 g/mol. The molecule has 2 aromatic heterocycles. The highest BCUT2D eigenvalue weighted by Gasteiger charge is 2.24. The first kappa shape index (κ1) is 15.1. The van der Waals surface area contributed by atoms with E-state index >= 15 is 0 Å². The topological polar surface area (TPSA) is 114 Å². The van der Waals surface area contributed by atoms with Crippen molar-refractivity contribution in [1.82, 2.24) is 19.9 Å². The molecule has 2 aromatic rings. The van der Waals surface area contributed by atoms with Crippen molar-refractivity contribution in [2.24, 2.45) is 5.73 Å². The predicted molar refractivity (Wildman–Crippen MR) is 76.9 cm³/mol. The summed E-state index contributed by atoms with van der Waals surface area (Å²) in [5.74, 6) is 0.0123. The summed E-state index contributed by atoms with van der Waals surface area (Å²) in [4.78, 5) is 4.32. The molecular formula is C11H17N5O2S2. The molecule has 4 N–H and O–H groups in total. The molecule has 110 valence electrons. The Balaban J connectivity index is 2.13. The molecule has 0 radical (unpaired) electrons. The molecule has 0 aliphatic carbocycles. The first-order valence-electron chi connectivity index (χ1n) is 6.08. The Morgan fingerprint density at radius 1 is 1.55 bits per heavy atom. The van der Waals surface area contributed by atoms with Crippen molar-refractivity contribution in [3.63, 3.8) is 0 Å². The number of hydrogen-bond donors (Lipinski definition) is 3. The maximum Gasteiger partial charge on any atom is 0.244 e. The van der Waals surface area contributed by atoms with Gasteiger partial charge in [0.05, 0.1) is 16.4 Å². The number of aryl methyl sites for hydroxylation is 1. The standard InChI is InChI=1S/C11H17N5O2S2/c1-7(11-13-3-4-19-11)6-14-20(17,18)10-8(2)15-16-9(10)5-12/h3-4,7,14H,5-6,12H2,1-2H3,(H,15,16). The summed E-state index contributed by atoms with van der Waals surface area (Å²) in [6, 6.07) is 0. The fourth-order valence-corrected chi connectivity index (χ4v) is 4.04. The molecule has 2 heterocycles. The summed E-state index contributed by atoms with van der Waals surface area (Å²) in [5.41, 5.74) is 6.34. The van der Waals surface area contributed by atoms with Crippen LogP contribution in [-0.4, -0.2) is 30.1 Å². The lowest BCUT2D eigenvalue weighted by atomic mass is 10.2. The fraction of sp³-hybridized carbons (Fsp3) is 0.455. The van der Waals surface area contributed by atoms with Gasteiger partial charge in [0.15, 0.2) is 0 Å². The third kappa shape index (κ3) is 3.06. The molecular weight excluding hydrogens is 298 g/mol. The second-order valence-electron chi connectivity index (χ2n) is 4.45. The number of hydrogen-bond acceptors (Lipinski definition) is 6. The van der Waals surface area contributed by atoms with Gasteiger partial charge in [-0.2, -0.15) is 5.10 Å². The van der Waals surface area contributed by atoms with E-state index in [1.54, 1.807) is 13.1 Å². The molecule has 0 saturated heterocycles. The lowest BCUT2D eigenvalue weighted by molar-refractivity contribution is 0.573. The SMILES string of the molecule is Cc1[nH]nc(CN)c1S(=O)(=O)NCC(C)c1nccs1. The van der Waals surface area contributed by atoms with E-state index in [1.807, 2.05) is 12.3 Å². The van der Waals surface area contributed by atoms with E-state index < -0.39 is 10.0 Å². The quantitative estimate of drug-likeness (QED) is 0.726. The van der Waals surface area contributed by atoms with Gasteiger partial charge in [-0.05, 0) is 6.92 Å². The highest BCUT2D eigenvalue weighted by atomic mass is 32.2. The van der Waals surface area contributed by atoms with Crippen LogP contribution in [0.15, 0.2) is 16.5 Å². The van der Waals surface area contributed by atoms with Crippen molar-refractivity contribution >= 4 is 21.4 Å². The van der Waals surface area contributed by atoms with Crippen LogP contribution in [-0.2, 0) is 16.6 Å². The summed E-state index contributed by atoms with van der Waals surface area (Å²) in [6.07, 6.45) is 1.71. The van der Waals surface area contributed by atoms with Crippen molar-refractivity contribution in [3.05, 3.63) is 28.0 Å². The predicted octanol–water partition coefficient (Wildman–Crippen LogP) is 0.715. The molecule has 1 atom stereocenters. The van der Waals surface area contributed by atoms with Crippen LogP contribution in [0, 0.1) is 6.92 Å². The Labute approximate surface area is 121 Å². The number of sulfonamides is 1. The molecule has 0 amide bonds. The first-order chi connectivity index (χ1) is 9.45. The van der Waals surface area contributed by atoms with Gasteiger partial charge in [-0.1, -0.05) is 6.92 Å². The Bertz CT molecular complexity index is 663. The number of nitrogens with one attached hydrogen (secondary N) is 2. The number of nitrogens with zero attached hydrogens (tertiary/aromatic N) is 2. The summed E-state index contributed by atoms with van der Waals surface area (Å²) in [5, 5.41) is 9.31. The van der Waals surface area contributed by atoms with Crippen LogP contribution >= 0.6 is 11.3 Å². The van der Waals surface area contributed by atoms with Crippen LogP contribution in [0.5, 0.6) is 0 Å². The molecule has 0 fully saturated rings. The highest BCUT2D eigenvalue weighted by Crippen LogP contribution is 2.20. The number of aromatic nitrogens is 3. The van der Waals surface area contributed by atoms with Crippen molar-refractivity contribution in [1.29, 1.82) is 0 Å². The Kier molecular flexibility index (Phi) is 4.53. The molecule has 0 spiro atoms. The van der Waals surface area contributed by atoms with E-state index in [9.17, 15) is 8.42 Å². The monoisotopic (exact) mass is 315 g/mol. The van der Waals surface area contributed by atoms with E-state index in [4.69, 9.17) is 5.73 Å². The number of H-pyrrole nitrogens is 1. The smallest absolute Gasteiger partial charge is 0.244 e. The third-order valence-electron chi connectivity index (χ3n) is 2.88. The minimum absolute atomic E-state index is 0.0123. The number of aromatic amines is 1. The first-order valence-corrected chi connectivity index (χ1v) is 8.45. The maximum absolute atomic E-state index is 12.3. The molecule has 20 heavy (non-hydrogen) atoms. The van der Waals surface area contributed by atoms with Gasteiger partial charge in [-0.3, -0.25) is 5.10 Å². The number of thiazole rings is 1. The molecule has 0 aliphatic rings. The van der Waals surface area contributed by atoms with Gasteiger partial charge in [0, 0.05) is 30.6 Å². The zero-order valence-corrected chi connectivity index (χ0v) is 12.9. The zero-order valence-electron chi connectivity index (χ0n) is 11.3. The van der Waals surface area contributed by atoms with Crippen LogP contribution in [0.25, 0.3) is 0 Å². The lowest BCUT2D eigenvalue weighted by Gasteiger charge is -2.11. The van der Waals surface area contributed by atoms with Crippen molar-refractivity contribution in [3.8, 4) is 0 Å². The zero-order chi connectivity index (χ0) is 14.8. The average Bonchev–Trinajstić information content (AvgIpc) is 3.05. The molecule has 0 aromatic carbocycles. The van der Waals surface area contributed by atoms with E-state index in [0.29, 0.717) is 11.4 Å².